The molecule has 0 aliphatic carbocycles. The molecule has 3 nitrogen and oxygen atoms in total. The predicted octanol–water partition coefficient (Wildman–Crippen LogP) is 4.27. The number of ether oxygens (including phenoxy) is 2. The van der Waals surface area contributed by atoms with E-state index in [-0.39, 0.29) is 6.04 Å². The second-order valence-electron chi connectivity index (χ2n) is 4.84. The molecule has 1 aromatic heterocycles. The zero-order chi connectivity index (χ0) is 15.2. The van der Waals surface area contributed by atoms with Crippen molar-refractivity contribution in [3.63, 3.8) is 0 Å². The Labute approximate surface area is 134 Å². The Bertz CT molecular complexity index is 585. The summed E-state index contributed by atoms with van der Waals surface area (Å²) in [5, 5.41) is 0. The lowest BCUT2D eigenvalue weighted by atomic mass is 10.0. The fourth-order valence-electron chi connectivity index (χ4n) is 1.97. The summed E-state index contributed by atoms with van der Waals surface area (Å²) in [7, 11) is 1.65. The lowest BCUT2D eigenvalue weighted by molar-refractivity contribution is 0.303. The number of rotatable bonds is 7. The summed E-state index contributed by atoms with van der Waals surface area (Å²) in [4.78, 5) is 1.09. The number of methoxy groups -OCH3 is 1. The predicted molar refractivity (Wildman–Crippen MR) is 88.6 cm³/mol. The molecule has 0 bridgehead atoms. The zero-order valence-corrected chi connectivity index (χ0v) is 13.8. The van der Waals surface area contributed by atoms with Crippen LogP contribution in [0.1, 0.15) is 23.8 Å². The van der Waals surface area contributed by atoms with Crippen LogP contribution in [0.3, 0.4) is 0 Å². The van der Waals surface area contributed by atoms with Crippen LogP contribution in [-0.2, 0) is 13.0 Å². The highest BCUT2D eigenvalue weighted by molar-refractivity contribution is 7.16. The Balaban J connectivity index is 2.13. The molecule has 21 heavy (non-hydrogen) atoms. The van der Waals surface area contributed by atoms with E-state index in [1.54, 1.807) is 7.11 Å². The first kappa shape index (κ1) is 16.1. The van der Waals surface area contributed by atoms with Crippen LogP contribution < -0.4 is 15.2 Å². The number of hydrogen-bond acceptors (Lipinski definition) is 4. The van der Waals surface area contributed by atoms with Gasteiger partial charge in [-0.3, -0.25) is 0 Å². The van der Waals surface area contributed by atoms with E-state index in [0.29, 0.717) is 6.61 Å². The summed E-state index contributed by atoms with van der Waals surface area (Å²) < 4.78 is 12.0. The molecule has 2 N–H and O–H groups in total. The molecule has 0 amide bonds. The van der Waals surface area contributed by atoms with Gasteiger partial charge in [-0.15, -0.1) is 11.3 Å². The van der Waals surface area contributed by atoms with E-state index in [9.17, 15) is 0 Å². The van der Waals surface area contributed by atoms with Crippen molar-refractivity contribution in [3.8, 4) is 11.5 Å². The van der Waals surface area contributed by atoms with Crippen molar-refractivity contribution in [2.45, 2.75) is 32.4 Å². The first-order valence-electron chi connectivity index (χ1n) is 6.92. The topological polar surface area (TPSA) is 44.5 Å². The second kappa shape index (κ2) is 7.69. The van der Waals surface area contributed by atoms with E-state index in [2.05, 4.69) is 6.92 Å². The van der Waals surface area contributed by atoms with Crippen LogP contribution in [-0.4, -0.2) is 13.2 Å². The van der Waals surface area contributed by atoms with Crippen LogP contribution in [0.25, 0.3) is 0 Å². The lowest BCUT2D eigenvalue weighted by Gasteiger charge is -2.15. The standard InChI is InChI=1S/C16H20ClNO2S/c1-3-12(18)8-11-4-5-13(19-2)9-15(11)20-10-14-6-7-16(17)21-14/h4-7,9,12H,3,8,10,18H2,1-2H3. The Morgan fingerprint density at radius 1 is 1.29 bits per heavy atom. The molecule has 1 heterocycles. The first-order valence-corrected chi connectivity index (χ1v) is 8.11. The van der Waals surface area contributed by atoms with E-state index in [0.717, 1.165) is 39.1 Å². The zero-order valence-electron chi connectivity index (χ0n) is 12.3. The highest BCUT2D eigenvalue weighted by Gasteiger charge is 2.10. The number of hydrogen-bond donors (Lipinski definition) is 1. The molecule has 0 saturated carbocycles. The van der Waals surface area contributed by atoms with Crippen LogP contribution in [0.5, 0.6) is 11.5 Å². The van der Waals surface area contributed by atoms with Gasteiger partial charge in [-0.2, -0.15) is 0 Å². The van der Waals surface area contributed by atoms with Gasteiger partial charge < -0.3 is 15.2 Å². The van der Waals surface area contributed by atoms with E-state index in [4.69, 9.17) is 26.8 Å². The van der Waals surface area contributed by atoms with Gasteiger partial charge in [0.05, 0.1) is 11.4 Å². The smallest absolute Gasteiger partial charge is 0.126 e. The quantitative estimate of drug-likeness (QED) is 0.826. The maximum Gasteiger partial charge on any atom is 0.126 e. The van der Waals surface area contributed by atoms with Crippen LogP contribution in [0, 0.1) is 0 Å². The highest BCUT2D eigenvalue weighted by Crippen LogP contribution is 2.28. The molecule has 2 rings (SSSR count). The largest absolute Gasteiger partial charge is 0.497 e. The normalized spacial score (nSPS) is 12.2. The van der Waals surface area contributed by atoms with Crippen LogP contribution in [0.15, 0.2) is 30.3 Å². The molecule has 2 aromatic rings. The average molecular weight is 326 g/mol. The fraction of sp³-hybridized carbons (Fsp3) is 0.375. The van der Waals surface area contributed by atoms with E-state index >= 15 is 0 Å². The summed E-state index contributed by atoms with van der Waals surface area (Å²) in [6.45, 7) is 2.58. The lowest BCUT2D eigenvalue weighted by Crippen LogP contribution is -2.21. The summed E-state index contributed by atoms with van der Waals surface area (Å²) in [5.41, 5.74) is 7.16. The third-order valence-corrected chi connectivity index (χ3v) is 4.48. The molecule has 1 atom stereocenters. The molecule has 5 heteroatoms. The maximum atomic E-state index is 6.05. The van der Waals surface area contributed by atoms with Gasteiger partial charge in [0.15, 0.2) is 0 Å². The Morgan fingerprint density at radius 2 is 2.10 bits per heavy atom. The molecule has 0 aliphatic rings. The van der Waals surface area contributed by atoms with Crippen LogP contribution in [0.2, 0.25) is 4.34 Å². The van der Waals surface area contributed by atoms with Crippen molar-refractivity contribution in [2.24, 2.45) is 5.73 Å². The van der Waals surface area contributed by atoms with Gasteiger partial charge in [-0.05, 0) is 36.6 Å². The minimum atomic E-state index is 0.136. The van der Waals surface area contributed by atoms with Gasteiger partial charge in [0.25, 0.3) is 0 Å². The Kier molecular flexibility index (Phi) is 5.91. The summed E-state index contributed by atoms with van der Waals surface area (Å²) >= 11 is 7.46. The van der Waals surface area contributed by atoms with Gasteiger partial charge in [0.2, 0.25) is 0 Å². The Morgan fingerprint density at radius 3 is 2.71 bits per heavy atom. The maximum absolute atomic E-state index is 6.05. The van der Waals surface area contributed by atoms with Crippen molar-refractivity contribution >= 4 is 22.9 Å². The summed E-state index contributed by atoms with van der Waals surface area (Å²) in [6.07, 6.45) is 1.73. The summed E-state index contributed by atoms with van der Waals surface area (Å²) in [5.74, 6) is 1.60. The molecule has 0 radical (unpaired) electrons. The second-order valence-corrected chi connectivity index (χ2v) is 6.64. The van der Waals surface area contributed by atoms with Crippen LogP contribution >= 0.6 is 22.9 Å². The van der Waals surface area contributed by atoms with Crippen molar-refractivity contribution < 1.29 is 9.47 Å². The minimum Gasteiger partial charge on any atom is -0.497 e. The number of thiophene rings is 1. The molecule has 114 valence electrons. The first-order chi connectivity index (χ1) is 10.1. The molecule has 0 fully saturated rings. The van der Waals surface area contributed by atoms with Crippen molar-refractivity contribution in [2.75, 3.05) is 7.11 Å². The van der Waals surface area contributed by atoms with Gasteiger partial charge >= 0.3 is 0 Å². The third-order valence-electron chi connectivity index (χ3n) is 3.28. The number of nitrogens with two attached hydrogens (primary N) is 1. The molecule has 0 saturated heterocycles. The number of benzene rings is 1. The van der Waals surface area contributed by atoms with Gasteiger partial charge in [-0.25, -0.2) is 0 Å². The Hall–Kier alpha value is -1.23. The monoisotopic (exact) mass is 325 g/mol. The number of halogens is 1. The average Bonchev–Trinajstić information content (AvgIpc) is 2.91. The van der Waals surface area contributed by atoms with Gasteiger partial charge in [-0.1, -0.05) is 24.6 Å². The molecule has 1 unspecified atom stereocenters. The molecule has 1 aromatic carbocycles. The highest BCUT2D eigenvalue weighted by atomic mass is 35.5. The van der Waals surface area contributed by atoms with Crippen molar-refractivity contribution in [3.05, 3.63) is 45.1 Å². The fourth-order valence-corrected chi connectivity index (χ4v) is 2.97. The third kappa shape index (κ3) is 4.63. The molecular formula is C16H20ClNO2S. The van der Waals surface area contributed by atoms with Gasteiger partial charge in [0, 0.05) is 17.0 Å². The van der Waals surface area contributed by atoms with Gasteiger partial charge in [0.1, 0.15) is 18.1 Å². The van der Waals surface area contributed by atoms with Crippen LogP contribution in [0.4, 0.5) is 0 Å². The molecule has 0 aliphatic heterocycles. The van der Waals surface area contributed by atoms with Crippen molar-refractivity contribution in [1.29, 1.82) is 0 Å². The van der Waals surface area contributed by atoms with E-state index < -0.39 is 0 Å². The summed E-state index contributed by atoms with van der Waals surface area (Å²) in [6, 6.07) is 9.86. The minimum absolute atomic E-state index is 0.136. The molecular weight excluding hydrogens is 306 g/mol. The molecule has 0 spiro atoms. The van der Waals surface area contributed by atoms with Crippen molar-refractivity contribution in [1.82, 2.24) is 0 Å². The van der Waals surface area contributed by atoms with E-state index in [1.807, 2.05) is 30.3 Å². The van der Waals surface area contributed by atoms with E-state index in [1.165, 1.54) is 11.3 Å². The SMILES string of the molecule is CCC(N)Cc1ccc(OC)cc1OCc1ccc(Cl)s1.